The minimum Gasteiger partial charge on any atom is -0.277 e. The van der Waals surface area contributed by atoms with Gasteiger partial charge in [0.2, 0.25) is 11.8 Å². The molecule has 1 aliphatic heterocycles. The lowest BCUT2D eigenvalue weighted by Gasteiger charge is -2.37. The standard InChI is InChI=1S/C14H16N2O3S/c1-8(2)10(9-4-3-7-20-9)16-12(18)14(5-6-14)11(17)15-13(16)19/h3-4,7-8,10H,5-6H2,1-2H3,(H,15,17,19). The summed E-state index contributed by atoms with van der Waals surface area (Å²) in [6.07, 6.45) is 1.08. The molecule has 2 aliphatic rings. The molecule has 1 atom stereocenters. The van der Waals surface area contributed by atoms with Crippen molar-refractivity contribution in [1.82, 2.24) is 10.2 Å². The molecule has 1 N–H and O–H groups in total. The second-order valence-electron chi connectivity index (χ2n) is 5.72. The smallest absolute Gasteiger partial charge is 0.277 e. The summed E-state index contributed by atoms with van der Waals surface area (Å²) in [5, 5.41) is 4.27. The highest BCUT2D eigenvalue weighted by molar-refractivity contribution is 7.10. The van der Waals surface area contributed by atoms with E-state index in [0.29, 0.717) is 12.8 Å². The van der Waals surface area contributed by atoms with Crippen molar-refractivity contribution in [3.05, 3.63) is 22.4 Å². The Kier molecular flexibility index (Phi) is 2.93. The van der Waals surface area contributed by atoms with Gasteiger partial charge >= 0.3 is 6.03 Å². The lowest BCUT2D eigenvalue weighted by Crippen LogP contribution is -2.60. The van der Waals surface area contributed by atoms with Gasteiger partial charge < -0.3 is 0 Å². The average molecular weight is 292 g/mol. The summed E-state index contributed by atoms with van der Waals surface area (Å²) in [6.45, 7) is 3.95. The molecule has 20 heavy (non-hydrogen) atoms. The zero-order valence-corrected chi connectivity index (χ0v) is 12.2. The highest BCUT2D eigenvalue weighted by atomic mass is 32.1. The Balaban J connectivity index is 2.00. The molecule has 4 amide bonds. The van der Waals surface area contributed by atoms with Crippen LogP contribution < -0.4 is 5.32 Å². The summed E-state index contributed by atoms with van der Waals surface area (Å²) >= 11 is 1.52. The van der Waals surface area contributed by atoms with Gasteiger partial charge in [-0.1, -0.05) is 19.9 Å². The van der Waals surface area contributed by atoms with E-state index in [1.807, 2.05) is 31.4 Å². The van der Waals surface area contributed by atoms with Gasteiger partial charge in [0.25, 0.3) is 0 Å². The number of urea groups is 1. The van der Waals surface area contributed by atoms with Gasteiger partial charge in [0.1, 0.15) is 5.41 Å². The van der Waals surface area contributed by atoms with Crippen molar-refractivity contribution in [2.24, 2.45) is 11.3 Å². The number of carbonyl (C=O) groups excluding carboxylic acids is 3. The van der Waals surface area contributed by atoms with Crippen LogP contribution in [0.5, 0.6) is 0 Å². The molecule has 1 saturated carbocycles. The van der Waals surface area contributed by atoms with Crippen molar-refractivity contribution in [2.75, 3.05) is 0 Å². The van der Waals surface area contributed by atoms with Crippen LogP contribution in [-0.4, -0.2) is 22.7 Å². The number of amides is 4. The van der Waals surface area contributed by atoms with E-state index in [0.717, 1.165) is 4.88 Å². The maximum Gasteiger partial charge on any atom is 0.331 e. The predicted octanol–water partition coefficient (Wildman–Crippen LogP) is 2.30. The Morgan fingerprint density at radius 2 is 2.00 bits per heavy atom. The predicted molar refractivity (Wildman–Crippen MR) is 73.9 cm³/mol. The number of nitrogens with one attached hydrogen (secondary N) is 1. The molecular weight excluding hydrogens is 276 g/mol. The minimum atomic E-state index is -0.974. The molecule has 106 valence electrons. The molecule has 0 bridgehead atoms. The first-order valence-electron chi connectivity index (χ1n) is 6.70. The average Bonchev–Trinajstić information content (AvgIpc) is 3.02. The molecule has 0 aromatic carbocycles. The third-order valence-corrected chi connectivity index (χ3v) is 4.94. The first kappa shape index (κ1) is 13.3. The van der Waals surface area contributed by atoms with Crippen molar-refractivity contribution in [3.63, 3.8) is 0 Å². The molecule has 5 nitrogen and oxygen atoms in total. The van der Waals surface area contributed by atoms with Gasteiger partial charge in [0, 0.05) is 4.88 Å². The van der Waals surface area contributed by atoms with Crippen molar-refractivity contribution in [1.29, 1.82) is 0 Å². The normalized spacial score (nSPS) is 22.4. The molecule has 1 saturated heterocycles. The van der Waals surface area contributed by atoms with Gasteiger partial charge in [-0.25, -0.2) is 4.79 Å². The minimum absolute atomic E-state index is 0.0901. The summed E-state index contributed by atoms with van der Waals surface area (Å²) in [6, 6.07) is 2.92. The van der Waals surface area contributed by atoms with Gasteiger partial charge in [-0.3, -0.25) is 19.8 Å². The summed E-state index contributed by atoms with van der Waals surface area (Å²) in [5.41, 5.74) is -0.974. The van der Waals surface area contributed by atoms with E-state index in [1.54, 1.807) is 0 Å². The fourth-order valence-electron chi connectivity index (χ4n) is 2.73. The quantitative estimate of drug-likeness (QED) is 0.869. The van der Waals surface area contributed by atoms with Crippen LogP contribution in [0, 0.1) is 11.3 Å². The van der Waals surface area contributed by atoms with Crippen LogP contribution in [0.2, 0.25) is 0 Å². The Bertz CT molecular complexity index is 575. The Hall–Kier alpha value is -1.69. The van der Waals surface area contributed by atoms with Gasteiger partial charge in [0.05, 0.1) is 6.04 Å². The molecule has 6 heteroatoms. The maximum absolute atomic E-state index is 12.6. The van der Waals surface area contributed by atoms with Gasteiger partial charge in [-0.15, -0.1) is 11.3 Å². The third-order valence-electron chi connectivity index (χ3n) is 4.00. The van der Waals surface area contributed by atoms with Crippen LogP contribution in [-0.2, 0) is 9.59 Å². The maximum atomic E-state index is 12.6. The molecule has 1 aliphatic carbocycles. The van der Waals surface area contributed by atoms with Crippen LogP contribution in [0.15, 0.2) is 17.5 Å². The van der Waals surface area contributed by atoms with E-state index >= 15 is 0 Å². The third kappa shape index (κ3) is 1.78. The number of barbiturate groups is 1. The number of rotatable bonds is 3. The largest absolute Gasteiger partial charge is 0.331 e. The second kappa shape index (κ2) is 4.41. The number of thiophene rings is 1. The summed E-state index contributed by atoms with van der Waals surface area (Å²) in [4.78, 5) is 38.8. The molecule has 2 heterocycles. The molecule has 1 unspecified atom stereocenters. The number of imide groups is 2. The Morgan fingerprint density at radius 3 is 2.50 bits per heavy atom. The number of carbonyl (C=O) groups is 3. The number of nitrogens with zero attached hydrogens (tertiary/aromatic N) is 1. The Labute approximate surface area is 121 Å². The number of hydrogen-bond donors (Lipinski definition) is 1. The van der Waals surface area contributed by atoms with Crippen LogP contribution in [0.3, 0.4) is 0 Å². The van der Waals surface area contributed by atoms with Gasteiger partial charge in [-0.05, 0) is 30.2 Å². The zero-order valence-electron chi connectivity index (χ0n) is 11.4. The van der Waals surface area contributed by atoms with Crippen molar-refractivity contribution < 1.29 is 14.4 Å². The summed E-state index contributed by atoms with van der Waals surface area (Å²) in [7, 11) is 0. The van der Waals surface area contributed by atoms with Crippen LogP contribution >= 0.6 is 11.3 Å². The zero-order chi connectivity index (χ0) is 14.5. The lowest BCUT2D eigenvalue weighted by molar-refractivity contribution is -0.146. The lowest BCUT2D eigenvalue weighted by atomic mass is 9.95. The van der Waals surface area contributed by atoms with E-state index in [9.17, 15) is 14.4 Å². The highest BCUT2D eigenvalue weighted by Gasteiger charge is 2.63. The molecule has 1 spiro atoms. The molecule has 0 radical (unpaired) electrons. The first-order valence-corrected chi connectivity index (χ1v) is 7.58. The fraction of sp³-hybridized carbons (Fsp3) is 0.500. The van der Waals surface area contributed by atoms with E-state index in [2.05, 4.69) is 5.32 Å². The van der Waals surface area contributed by atoms with Crippen LogP contribution in [0.25, 0.3) is 0 Å². The molecular formula is C14H16N2O3S. The van der Waals surface area contributed by atoms with Crippen LogP contribution in [0.1, 0.15) is 37.6 Å². The Morgan fingerprint density at radius 1 is 1.30 bits per heavy atom. The van der Waals surface area contributed by atoms with E-state index in [-0.39, 0.29) is 17.9 Å². The monoisotopic (exact) mass is 292 g/mol. The van der Waals surface area contributed by atoms with Gasteiger partial charge in [0.15, 0.2) is 0 Å². The van der Waals surface area contributed by atoms with Crippen molar-refractivity contribution in [2.45, 2.75) is 32.7 Å². The van der Waals surface area contributed by atoms with Crippen molar-refractivity contribution >= 4 is 29.2 Å². The van der Waals surface area contributed by atoms with Crippen LogP contribution in [0.4, 0.5) is 4.79 Å². The van der Waals surface area contributed by atoms with Gasteiger partial charge in [-0.2, -0.15) is 0 Å². The SMILES string of the molecule is CC(C)C(c1cccs1)N1C(=O)NC(=O)C2(CC2)C1=O. The summed E-state index contributed by atoms with van der Waals surface area (Å²) in [5.74, 6) is -0.678. The molecule has 2 fully saturated rings. The topological polar surface area (TPSA) is 66.5 Å². The number of hydrogen-bond acceptors (Lipinski definition) is 4. The molecule has 1 aromatic rings. The second-order valence-corrected chi connectivity index (χ2v) is 6.70. The van der Waals surface area contributed by atoms with E-state index in [4.69, 9.17) is 0 Å². The molecule has 3 rings (SSSR count). The van der Waals surface area contributed by atoms with E-state index in [1.165, 1.54) is 16.2 Å². The first-order chi connectivity index (χ1) is 9.47. The molecule has 1 aromatic heterocycles. The van der Waals surface area contributed by atoms with Crippen molar-refractivity contribution in [3.8, 4) is 0 Å². The van der Waals surface area contributed by atoms with E-state index < -0.39 is 17.4 Å². The highest BCUT2D eigenvalue weighted by Crippen LogP contribution is 2.51. The fourth-order valence-corrected chi connectivity index (χ4v) is 3.72. The summed E-state index contributed by atoms with van der Waals surface area (Å²) < 4.78 is 0.